The highest BCUT2D eigenvalue weighted by Gasteiger charge is 2.31. The molecule has 1 aliphatic heterocycles. The quantitative estimate of drug-likeness (QED) is 0.536. The number of anilines is 3. The van der Waals surface area contributed by atoms with Crippen LogP contribution < -0.4 is 15.5 Å². The van der Waals surface area contributed by atoms with Crippen molar-refractivity contribution in [3.05, 3.63) is 53.9 Å². The lowest BCUT2D eigenvalue weighted by atomic mass is 10.0. The largest absolute Gasteiger partial charge is 0.404 e. The van der Waals surface area contributed by atoms with Gasteiger partial charge in [0, 0.05) is 43.7 Å². The zero-order valence-electron chi connectivity index (χ0n) is 17.2. The number of pyridine rings is 1. The predicted octanol–water partition coefficient (Wildman–Crippen LogP) is 3.52. The van der Waals surface area contributed by atoms with E-state index in [9.17, 15) is 0 Å². The van der Waals surface area contributed by atoms with Gasteiger partial charge < -0.3 is 10.6 Å². The molecular formula is C22H24N8. The number of amidine groups is 2. The molecule has 0 saturated carbocycles. The molecule has 30 heavy (non-hydrogen) atoms. The van der Waals surface area contributed by atoms with Crippen molar-refractivity contribution in [3.63, 3.8) is 0 Å². The Morgan fingerprint density at radius 3 is 2.67 bits per heavy atom. The Bertz CT molecular complexity index is 1080. The van der Waals surface area contributed by atoms with Crippen LogP contribution in [-0.4, -0.2) is 36.5 Å². The first kappa shape index (κ1) is 20.7. The molecule has 8 nitrogen and oxygen atoms in total. The molecule has 0 saturated heterocycles. The molecular weight excluding hydrogens is 376 g/mol. The maximum Gasteiger partial charge on any atom is 0.133 e. The van der Waals surface area contributed by atoms with Crippen LogP contribution >= 0.6 is 0 Å². The zero-order chi connectivity index (χ0) is 21.8. The number of rotatable bonds is 3. The molecule has 0 amide bonds. The van der Waals surface area contributed by atoms with E-state index in [1.165, 1.54) is 12.4 Å². The molecule has 4 N–H and O–H groups in total. The number of hydrogen-bond donors (Lipinski definition) is 3. The fourth-order valence-corrected chi connectivity index (χ4v) is 3.46. The number of nitriles is 1. The molecule has 0 fully saturated rings. The van der Waals surface area contributed by atoms with Crippen molar-refractivity contribution in [2.75, 3.05) is 23.4 Å². The van der Waals surface area contributed by atoms with E-state index in [2.05, 4.69) is 16.0 Å². The first-order valence-corrected chi connectivity index (χ1v) is 9.47. The third-order valence-electron chi connectivity index (χ3n) is 4.94. The van der Waals surface area contributed by atoms with E-state index in [0.29, 0.717) is 23.8 Å². The second kappa shape index (κ2) is 8.57. The predicted molar refractivity (Wildman–Crippen MR) is 122 cm³/mol. The lowest BCUT2D eigenvalue weighted by Crippen LogP contribution is -2.38. The fourth-order valence-electron chi connectivity index (χ4n) is 3.46. The molecule has 0 bridgehead atoms. The highest BCUT2D eigenvalue weighted by Crippen LogP contribution is 2.39. The van der Waals surface area contributed by atoms with Gasteiger partial charge in [0.05, 0.1) is 16.9 Å². The molecule has 0 radical (unpaired) electrons. The Kier molecular flexibility index (Phi) is 5.93. The van der Waals surface area contributed by atoms with E-state index >= 15 is 0 Å². The van der Waals surface area contributed by atoms with Crippen molar-refractivity contribution in [3.8, 4) is 6.07 Å². The van der Waals surface area contributed by atoms with Crippen LogP contribution in [0.15, 0.2) is 47.7 Å². The fraction of sp³-hybridized carbons (Fsp3) is 0.227. The van der Waals surface area contributed by atoms with Crippen LogP contribution in [0.3, 0.4) is 0 Å². The molecule has 8 heteroatoms. The van der Waals surface area contributed by atoms with Gasteiger partial charge in [-0.3, -0.25) is 20.7 Å². The summed E-state index contributed by atoms with van der Waals surface area (Å²) in [5.74, 6) is 1.12. The summed E-state index contributed by atoms with van der Waals surface area (Å²) < 4.78 is 0. The van der Waals surface area contributed by atoms with Crippen LogP contribution in [0.1, 0.15) is 25.0 Å². The van der Waals surface area contributed by atoms with Crippen molar-refractivity contribution >= 4 is 40.7 Å². The lowest BCUT2D eigenvalue weighted by molar-refractivity contribution is 0.751. The van der Waals surface area contributed by atoms with Gasteiger partial charge in [-0.25, -0.2) is 4.98 Å². The third kappa shape index (κ3) is 3.78. The molecule has 2 heterocycles. The third-order valence-corrected chi connectivity index (χ3v) is 4.94. The molecule has 3 rings (SSSR count). The summed E-state index contributed by atoms with van der Waals surface area (Å²) in [5, 5.41) is 26.0. The van der Waals surface area contributed by atoms with Gasteiger partial charge >= 0.3 is 0 Å². The SMILES string of the molecule is CN=CC(=CN)c1ccc2c(c1)N(c1ccc(C#N)cn1)C[C@@H](C)C(=N)N2C(C)=N. The number of fused-ring (bicyclic) bond motifs is 1. The molecule has 0 unspecified atom stereocenters. The minimum Gasteiger partial charge on any atom is -0.404 e. The molecule has 1 aromatic carbocycles. The van der Waals surface area contributed by atoms with Crippen LogP contribution in [0.4, 0.5) is 17.2 Å². The van der Waals surface area contributed by atoms with Crippen LogP contribution in [0, 0.1) is 28.1 Å². The van der Waals surface area contributed by atoms with Gasteiger partial charge in [0.25, 0.3) is 0 Å². The van der Waals surface area contributed by atoms with Gasteiger partial charge in [-0.1, -0.05) is 13.0 Å². The number of hydrogen-bond acceptors (Lipinski definition) is 7. The van der Waals surface area contributed by atoms with Gasteiger partial charge in [-0.15, -0.1) is 0 Å². The highest BCUT2D eigenvalue weighted by atomic mass is 15.3. The van der Waals surface area contributed by atoms with Gasteiger partial charge in [0.1, 0.15) is 23.6 Å². The molecule has 1 aromatic heterocycles. The Morgan fingerprint density at radius 2 is 2.10 bits per heavy atom. The lowest BCUT2D eigenvalue weighted by Gasteiger charge is -2.27. The number of aromatic nitrogens is 1. The molecule has 0 aliphatic carbocycles. The molecule has 152 valence electrons. The van der Waals surface area contributed by atoms with E-state index in [4.69, 9.17) is 21.8 Å². The molecule has 1 aliphatic rings. The topological polar surface area (TPSA) is 129 Å². The highest BCUT2D eigenvalue weighted by molar-refractivity contribution is 6.20. The van der Waals surface area contributed by atoms with Gasteiger partial charge in [-0.05, 0) is 36.8 Å². The standard InChI is InChI=1S/C22H24N8/c1-14-13-29(21-7-4-16(9-23)11-28-21)20-8-17(18(10-24)12-27-3)5-6-19(20)30(15(2)25)22(14)26/h4-8,10-12,14,25-26H,13,24H2,1-3H3/t14-/m1/s1. The summed E-state index contributed by atoms with van der Waals surface area (Å²) in [5.41, 5.74) is 9.43. The molecule has 2 aromatic rings. The average molecular weight is 400 g/mol. The summed E-state index contributed by atoms with van der Waals surface area (Å²) >= 11 is 0. The minimum absolute atomic E-state index is 0.152. The maximum absolute atomic E-state index is 9.10. The minimum atomic E-state index is -0.152. The van der Waals surface area contributed by atoms with E-state index in [0.717, 1.165) is 22.5 Å². The Labute approximate surface area is 176 Å². The number of nitrogens with one attached hydrogen (secondary N) is 2. The van der Waals surface area contributed by atoms with Crippen molar-refractivity contribution in [1.82, 2.24) is 4.98 Å². The summed E-state index contributed by atoms with van der Waals surface area (Å²) in [6.45, 7) is 4.13. The summed E-state index contributed by atoms with van der Waals surface area (Å²) in [7, 11) is 1.68. The summed E-state index contributed by atoms with van der Waals surface area (Å²) in [4.78, 5) is 12.2. The number of allylic oxidation sites excluding steroid dienone is 1. The van der Waals surface area contributed by atoms with Crippen molar-refractivity contribution in [2.45, 2.75) is 13.8 Å². The molecule has 1 atom stereocenters. The first-order valence-electron chi connectivity index (χ1n) is 9.47. The Hall–Kier alpha value is -3.99. The number of nitrogens with two attached hydrogens (primary N) is 1. The van der Waals surface area contributed by atoms with E-state index < -0.39 is 0 Å². The number of nitrogens with zero attached hydrogens (tertiary/aromatic N) is 5. The van der Waals surface area contributed by atoms with E-state index in [1.54, 1.807) is 37.2 Å². The molecule has 0 spiro atoms. The van der Waals surface area contributed by atoms with Gasteiger partial charge in [0.2, 0.25) is 0 Å². The number of aliphatic imine (C=N–C) groups is 1. The summed E-state index contributed by atoms with van der Waals surface area (Å²) in [6.07, 6.45) is 4.72. The van der Waals surface area contributed by atoms with Crippen molar-refractivity contribution in [2.24, 2.45) is 16.6 Å². The Morgan fingerprint density at radius 1 is 1.33 bits per heavy atom. The van der Waals surface area contributed by atoms with Gasteiger partial charge in [0.15, 0.2) is 0 Å². The normalized spacial score (nSPS) is 16.9. The van der Waals surface area contributed by atoms with Crippen molar-refractivity contribution in [1.29, 1.82) is 16.1 Å². The van der Waals surface area contributed by atoms with Crippen LogP contribution in [0.2, 0.25) is 0 Å². The Balaban J connectivity index is 2.25. The average Bonchev–Trinajstić information content (AvgIpc) is 2.86. The van der Waals surface area contributed by atoms with E-state index in [1.807, 2.05) is 30.0 Å². The van der Waals surface area contributed by atoms with Crippen LogP contribution in [0.5, 0.6) is 0 Å². The second-order valence-corrected chi connectivity index (χ2v) is 7.05. The smallest absolute Gasteiger partial charge is 0.133 e. The van der Waals surface area contributed by atoms with Gasteiger partial charge in [-0.2, -0.15) is 5.26 Å². The zero-order valence-corrected chi connectivity index (χ0v) is 17.2. The monoisotopic (exact) mass is 400 g/mol. The first-order chi connectivity index (χ1) is 14.4. The van der Waals surface area contributed by atoms with Crippen LogP contribution in [-0.2, 0) is 0 Å². The van der Waals surface area contributed by atoms with Crippen LogP contribution in [0.25, 0.3) is 5.57 Å². The van der Waals surface area contributed by atoms with E-state index in [-0.39, 0.29) is 11.8 Å². The maximum atomic E-state index is 9.10. The summed E-state index contributed by atoms with van der Waals surface area (Å²) in [6, 6.07) is 11.4. The second-order valence-electron chi connectivity index (χ2n) is 7.05. The number of benzene rings is 1. The van der Waals surface area contributed by atoms with Crippen molar-refractivity contribution < 1.29 is 0 Å².